The molecule has 0 amide bonds. The molecule has 0 atom stereocenters. The molecule has 0 radical (unpaired) electrons. The van der Waals surface area contributed by atoms with Gasteiger partial charge >= 0.3 is 22.5 Å². The summed E-state index contributed by atoms with van der Waals surface area (Å²) in [7, 11) is -4.25. The van der Waals surface area contributed by atoms with Crippen molar-refractivity contribution >= 4 is 33.6 Å². The first-order valence-electron chi connectivity index (χ1n) is 13.2. The molecule has 2 aromatic rings. The minimum atomic E-state index is -4.97. The molecule has 0 N–H and O–H groups in total. The summed E-state index contributed by atoms with van der Waals surface area (Å²) >= 11 is 0.842. The lowest BCUT2D eigenvalue weighted by molar-refractivity contribution is -0.0605. The maximum Gasteiger partial charge on any atom is 0.437 e. The normalized spacial score (nSPS) is 13.1. The van der Waals surface area contributed by atoms with Crippen molar-refractivity contribution in [2.75, 3.05) is 24.7 Å². The zero-order valence-corrected chi connectivity index (χ0v) is 25.0. The van der Waals surface area contributed by atoms with E-state index in [0.29, 0.717) is 24.3 Å². The lowest BCUT2D eigenvalue weighted by Gasteiger charge is -2.12. The summed E-state index contributed by atoms with van der Waals surface area (Å²) in [4.78, 5) is 0. The van der Waals surface area contributed by atoms with Gasteiger partial charge in [-0.05, 0) is 61.4 Å². The third-order valence-corrected chi connectivity index (χ3v) is 7.10. The Bertz CT molecular complexity index is 1280. The summed E-state index contributed by atoms with van der Waals surface area (Å²) in [6.07, 6.45) is -6.95. The van der Waals surface area contributed by atoms with E-state index in [0.717, 1.165) is 37.0 Å². The van der Waals surface area contributed by atoms with Crippen LogP contribution >= 0.6 is 12.0 Å². The summed E-state index contributed by atoms with van der Waals surface area (Å²) in [6.45, 7) is 3.93. The summed E-state index contributed by atoms with van der Waals surface area (Å²) in [5.74, 6) is 0.608. The second-order valence-corrected chi connectivity index (χ2v) is 11.4. The molecule has 43 heavy (non-hydrogen) atoms. The van der Waals surface area contributed by atoms with Gasteiger partial charge in [-0.1, -0.05) is 37.0 Å². The summed E-state index contributed by atoms with van der Waals surface area (Å²) < 4.78 is 124. The quantitative estimate of drug-likeness (QED) is 0.0533. The Morgan fingerprint density at radius 2 is 1.19 bits per heavy atom. The van der Waals surface area contributed by atoms with Crippen molar-refractivity contribution in [1.29, 1.82) is 0 Å². The van der Waals surface area contributed by atoms with Crippen molar-refractivity contribution in [1.82, 2.24) is 0 Å². The van der Waals surface area contributed by atoms with Crippen LogP contribution in [-0.2, 0) is 18.7 Å². The van der Waals surface area contributed by atoms with Gasteiger partial charge in [0.2, 0.25) is 0 Å². The molecule has 240 valence electrons. The van der Waals surface area contributed by atoms with Crippen LogP contribution in [-0.4, -0.2) is 56.9 Å². The third-order valence-electron chi connectivity index (χ3n) is 5.37. The number of unbranched alkanes of at least 4 members (excludes halogenated alkanes) is 2. The van der Waals surface area contributed by atoms with Gasteiger partial charge in [-0.15, -0.1) is 0 Å². The second kappa shape index (κ2) is 17.2. The zero-order valence-electron chi connectivity index (χ0n) is 23.4. The molecule has 0 aromatic heterocycles. The van der Waals surface area contributed by atoms with Crippen molar-refractivity contribution < 1.29 is 52.8 Å². The van der Waals surface area contributed by atoms with E-state index in [1.165, 1.54) is 36.4 Å². The van der Waals surface area contributed by atoms with Gasteiger partial charge in [0.15, 0.2) is 11.4 Å². The number of rotatable bonds is 18. The highest BCUT2D eigenvalue weighted by Gasteiger charge is 2.39. The number of benzene rings is 2. The number of halogens is 6. The van der Waals surface area contributed by atoms with Crippen LogP contribution in [0, 0.1) is 0 Å². The second-order valence-electron chi connectivity index (χ2n) is 8.91. The average molecular weight is 659 g/mol. The Morgan fingerprint density at radius 1 is 0.721 bits per heavy atom. The van der Waals surface area contributed by atoms with E-state index >= 15 is 0 Å². The number of hydrogen-bond acceptors (Lipinski definition) is 9. The molecule has 0 saturated heterocycles. The van der Waals surface area contributed by atoms with Crippen LogP contribution in [0.15, 0.2) is 58.8 Å². The first-order chi connectivity index (χ1) is 20.3. The van der Waals surface area contributed by atoms with Crippen LogP contribution in [0.4, 0.5) is 26.3 Å². The Hall–Kier alpha value is -3.14. The van der Waals surface area contributed by atoms with Crippen LogP contribution < -0.4 is 9.47 Å². The lowest BCUT2D eigenvalue weighted by atomic mass is 10.1. The van der Waals surface area contributed by atoms with Gasteiger partial charge in [-0.2, -0.15) is 34.8 Å². The van der Waals surface area contributed by atoms with Crippen LogP contribution in [0.2, 0.25) is 0 Å². The number of hydrogen-bond donors (Lipinski definition) is 0. The summed E-state index contributed by atoms with van der Waals surface area (Å²) in [5.41, 5.74) is -3.28. The van der Waals surface area contributed by atoms with Gasteiger partial charge in [0, 0.05) is 23.3 Å². The van der Waals surface area contributed by atoms with E-state index in [1.807, 2.05) is 6.92 Å². The van der Waals surface area contributed by atoms with Crippen LogP contribution in [0.1, 0.15) is 57.1 Å². The van der Waals surface area contributed by atoms with Crippen molar-refractivity contribution in [2.24, 2.45) is 10.3 Å². The standard InChI is InChI=1S/C27H32F6N2O6S2/c1-3-5-18-42-40-34-24(26(28,29)30)20-8-12-22(13-9-20)38-16-7-17-39-23-14-10-21(11-15-23)25(27(31,32)33)35-41-43(36,37)19-6-4-2/h8-15H,3-7,16-19H2,1-2H3/b34-24-,35-25-. The van der Waals surface area contributed by atoms with Gasteiger partial charge in [-0.3, -0.25) is 4.28 Å². The number of alkyl halides is 6. The number of oxime groups is 2. The van der Waals surface area contributed by atoms with Gasteiger partial charge in [0.25, 0.3) is 0 Å². The minimum Gasteiger partial charge on any atom is -0.493 e. The van der Waals surface area contributed by atoms with E-state index < -0.39 is 45.2 Å². The van der Waals surface area contributed by atoms with Crippen molar-refractivity contribution in [3.8, 4) is 11.5 Å². The van der Waals surface area contributed by atoms with Gasteiger partial charge in [0.1, 0.15) is 11.5 Å². The summed E-state index contributed by atoms with van der Waals surface area (Å²) in [5, 5.41) is 6.10. The molecule has 0 spiro atoms. The molecule has 16 heteroatoms. The molecule has 0 aliphatic heterocycles. The van der Waals surface area contributed by atoms with E-state index in [4.69, 9.17) is 13.8 Å². The van der Waals surface area contributed by atoms with E-state index in [2.05, 4.69) is 14.6 Å². The first kappa shape index (κ1) is 36.1. The molecule has 0 saturated carbocycles. The fourth-order valence-corrected chi connectivity index (χ4v) is 4.66. The largest absolute Gasteiger partial charge is 0.493 e. The van der Waals surface area contributed by atoms with Gasteiger partial charge < -0.3 is 13.8 Å². The molecule has 0 aliphatic rings. The summed E-state index contributed by atoms with van der Waals surface area (Å²) in [6, 6.07) is 9.79. The molecule has 2 aromatic carbocycles. The highest BCUT2D eigenvalue weighted by molar-refractivity contribution is 7.94. The highest BCUT2D eigenvalue weighted by atomic mass is 32.2. The van der Waals surface area contributed by atoms with Crippen LogP contribution in [0.25, 0.3) is 0 Å². The van der Waals surface area contributed by atoms with Gasteiger partial charge in [0.05, 0.1) is 31.0 Å². The van der Waals surface area contributed by atoms with E-state index in [1.54, 1.807) is 6.92 Å². The maximum atomic E-state index is 13.4. The Kier molecular flexibility index (Phi) is 14.4. The van der Waals surface area contributed by atoms with Crippen LogP contribution in [0.5, 0.6) is 11.5 Å². The average Bonchev–Trinajstić information content (AvgIpc) is 2.93. The van der Waals surface area contributed by atoms with E-state index in [9.17, 15) is 34.8 Å². The smallest absolute Gasteiger partial charge is 0.437 e. The third kappa shape index (κ3) is 13.4. The van der Waals surface area contributed by atoms with Crippen molar-refractivity contribution in [2.45, 2.75) is 58.3 Å². The van der Waals surface area contributed by atoms with E-state index in [-0.39, 0.29) is 30.9 Å². The highest BCUT2D eigenvalue weighted by Crippen LogP contribution is 2.26. The van der Waals surface area contributed by atoms with Crippen LogP contribution in [0.3, 0.4) is 0 Å². The first-order valence-corrected chi connectivity index (χ1v) is 15.7. The van der Waals surface area contributed by atoms with Crippen molar-refractivity contribution in [3.05, 3.63) is 59.7 Å². The maximum absolute atomic E-state index is 13.4. The predicted octanol–water partition coefficient (Wildman–Crippen LogP) is 7.68. The zero-order chi connectivity index (χ0) is 31.9. The molecule has 8 nitrogen and oxygen atoms in total. The van der Waals surface area contributed by atoms with Gasteiger partial charge in [-0.25, -0.2) is 0 Å². The Labute approximate surface area is 250 Å². The molecule has 0 unspecified atom stereocenters. The molecule has 0 bridgehead atoms. The predicted molar refractivity (Wildman–Crippen MR) is 152 cm³/mol. The topological polar surface area (TPSA) is 95.8 Å². The van der Waals surface area contributed by atoms with Crippen molar-refractivity contribution in [3.63, 3.8) is 0 Å². The monoisotopic (exact) mass is 658 g/mol. The SMILES string of the molecule is CCCCSO/N=C(/c1ccc(OCCCOc2ccc(/C(=N/OS(=O)(=O)CCCC)C(F)(F)F)cc2)cc1)C(F)(F)F. The number of nitrogens with zero attached hydrogens (tertiary/aromatic N) is 2. The lowest BCUT2D eigenvalue weighted by Crippen LogP contribution is -2.25. The fraction of sp³-hybridized carbons (Fsp3) is 0.481. The molecular formula is C27H32F6N2O6S2. The molecule has 0 aliphatic carbocycles. The molecule has 2 rings (SSSR count). The fourth-order valence-electron chi connectivity index (χ4n) is 3.15. The molecule has 0 fully saturated rings. The minimum absolute atomic E-state index is 0.119. The molecular weight excluding hydrogens is 626 g/mol. The Balaban J connectivity index is 1.88. The molecule has 0 heterocycles. The Morgan fingerprint density at radius 3 is 1.63 bits per heavy atom. The number of ether oxygens (including phenoxy) is 2.